The highest BCUT2D eigenvalue weighted by Crippen LogP contribution is 2.70. The molecule has 0 unspecified atom stereocenters. The Labute approximate surface area is 229 Å². The molecule has 0 aromatic heterocycles. The Kier molecular flexibility index (Phi) is 7.16. The summed E-state index contributed by atoms with van der Waals surface area (Å²) in [6.07, 6.45) is 7.78. The fourth-order valence-corrected chi connectivity index (χ4v) is 9.32. The van der Waals surface area contributed by atoms with E-state index in [4.69, 9.17) is 14.2 Å². The zero-order valence-corrected chi connectivity index (χ0v) is 24.1. The first kappa shape index (κ1) is 26.7. The Bertz CT molecular complexity index is 968. The maximum atomic E-state index is 12.6. The van der Waals surface area contributed by atoms with Gasteiger partial charge in [-0.1, -0.05) is 45.7 Å². The second-order valence-electron chi connectivity index (χ2n) is 12.1. The molecule has 5 aliphatic rings. The molecule has 0 radical (unpaired) electrons. The minimum atomic E-state index is -1.00. The summed E-state index contributed by atoms with van der Waals surface area (Å²) in [5.41, 5.74) is -0.615. The van der Waals surface area contributed by atoms with Gasteiger partial charge >= 0.3 is 17.9 Å². The molecule has 4 fully saturated rings. The largest absolute Gasteiger partial charge is 0.462 e. The number of esters is 3. The summed E-state index contributed by atoms with van der Waals surface area (Å²) in [6, 6.07) is 0. The Morgan fingerprint density at radius 3 is 2.44 bits per heavy atom. The smallest absolute Gasteiger partial charge is 0.331 e. The maximum Gasteiger partial charge on any atom is 0.331 e. The third-order valence-corrected chi connectivity index (χ3v) is 11.6. The molecular formula is C27H36Br2O7. The summed E-state index contributed by atoms with van der Waals surface area (Å²) in [5, 5.41) is 12.9. The van der Waals surface area contributed by atoms with Crippen LogP contribution >= 0.6 is 31.9 Å². The van der Waals surface area contributed by atoms with E-state index in [1.54, 1.807) is 0 Å². The van der Waals surface area contributed by atoms with Gasteiger partial charge < -0.3 is 19.3 Å². The van der Waals surface area contributed by atoms with E-state index in [1.807, 2.05) is 0 Å². The molecule has 0 saturated heterocycles. The molecule has 0 spiro atoms. The van der Waals surface area contributed by atoms with Gasteiger partial charge in [-0.05, 0) is 73.7 Å². The molecule has 4 aliphatic carbocycles. The van der Waals surface area contributed by atoms with Crippen LogP contribution in [-0.2, 0) is 28.6 Å². The molecule has 9 atom stereocenters. The molecule has 0 amide bonds. The van der Waals surface area contributed by atoms with Crippen molar-refractivity contribution < 1.29 is 33.7 Å². The van der Waals surface area contributed by atoms with Crippen LogP contribution in [0, 0.1) is 34.5 Å². The third kappa shape index (κ3) is 4.10. The predicted molar refractivity (Wildman–Crippen MR) is 138 cm³/mol. The Morgan fingerprint density at radius 1 is 1.06 bits per heavy atom. The quantitative estimate of drug-likeness (QED) is 0.272. The average Bonchev–Trinajstić information content (AvgIpc) is 3.36. The number of hydrogen-bond donors (Lipinski definition) is 1. The van der Waals surface area contributed by atoms with Crippen molar-refractivity contribution in [3.8, 4) is 0 Å². The lowest BCUT2D eigenvalue weighted by atomic mass is 9.43. The lowest BCUT2D eigenvalue weighted by Crippen LogP contribution is -2.62. The summed E-state index contributed by atoms with van der Waals surface area (Å²) in [4.78, 5) is 36.2. The molecule has 9 heteroatoms. The highest BCUT2D eigenvalue weighted by Gasteiger charge is 2.71. The summed E-state index contributed by atoms with van der Waals surface area (Å²) >= 11 is 6.39. The summed E-state index contributed by atoms with van der Waals surface area (Å²) in [6.45, 7) is 4.70. The zero-order valence-electron chi connectivity index (χ0n) is 21.0. The standard InChI is InChI=1S/C27H36Br2O7/c1-25-7-5-17(35-22(31)12-28)10-16(25)3-4-19-18(25)6-8-26(2)24(15-9-21(30)34-14-15)20(11-27(19,26)33)36-23(32)13-29/h9,16-20,24,33H,3-8,10-14H2,1-2H3/t16-,17+,18+,19-,20+,24+,25+,26-,27-/m1/s1. The van der Waals surface area contributed by atoms with Crippen LogP contribution in [-0.4, -0.2) is 58.1 Å². The predicted octanol–water partition coefficient (Wildman–Crippen LogP) is 4.47. The van der Waals surface area contributed by atoms with Crippen LogP contribution in [0.4, 0.5) is 0 Å². The molecule has 0 aromatic carbocycles. The van der Waals surface area contributed by atoms with Crippen molar-refractivity contribution in [2.45, 2.75) is 83.0 Å². The number of aliphatic hydroxyl groups is 1. The van der Waals surface area contributed by atoms with E-state index in [0.29, 0.717) is 18.3 Å². The molecule has 1 aliphatic heterocycles. The number of cyclic esters (lactones) is 1. The number of rotatable bonds is 5. The Hall–Kier alpha value is -0.930. The first-order chi connectivity index (χ1) is 17.1. The first-order valence-corrected chi connectivity index (χ1v) is 15.4. The number of ether oxygens (including phenoxy) is 3. The van der Waals surface area contributed by atoms with Crippen molar-refractivity contribution >= 4 is 49.8 Å². The molecule has 1 heterocycles. The summed E-state index contributed by atoms with van der Waals surface area (Å²) in [7, 11) is 0. The molecule has 7 nitrogen and oxygen atoms in total. The molecule has 1 N–H and O–H groups in total. The van der Waals surface area contributed by atoms with Crippen LogP contribution in [0.3, 0.4) is 0 Å². The third-order valence-electron chi connectivity index (χ3n) is 10.7. The Balaban J connectivity index is 1.43. The molecule has 0 aromatic rings. The van der Waals surface area contributed by atoms with Crippen LogP contribution in [0.25, 0.3) is 0 Å². The van der Waals surface area contributed by atoms with Gasteiger partial charge in [-0.2, -0.15) is 0 Å². The number of hydrogen-bond acceptors (Lipinski definition) is 7. The fourth-order valence-electron chi connectivity index (χ4n) is 9.05. The van der Waals surface area contributed by atoms with Crippen molar-refractivity contribution in [2.75, 3.05) is 17.3 Å². The van der Waals surface area contributed by atoms with Crippen molar-refractivity contribution in [3.05, 3.63) is 11.6 Å². The first-order valence-electron chi connectivity index (χ1n) is 13.2. The van der Waals surface area contributed by atoms with Crippen LogP contribution < -0.4 is 0 Å². The number of halogens is 2. The highest BCUT2D eigenvalue weighted by molar-refractivity contribution is 9.09. The average molecular weight is 632 g/mol. The monoisotopic (exact) mass is 630 g/mol. The van der Waals surface area contributed by atoms with Gasteiger partial charge in [0.2, 0.25) is 0 Å². The van der Waals surface area contributed by atoms with Gasteiger partial charge in [-0.3, -0.25) is 9.59 Å². The van der Waals surface area contributed by atoms with E-state index >= 15 is 0 Å². The van der Waals surface area contributed by atoms with Gasteiger partial charge in [0.15, 0.2) is 0 Å². The highest BCUT2D eigenvalue weighted by atomic mass is 79.9. The van der Waals surface area contributed by atoms with Gasteiger partial charge in [-0.15, -0.1) is 0 Å². The van der Waals surface area contributed by atoms with Crippen LogP contribution in [0.2, 0.25) is 0 Å². The molecule has 4 saturated carbocycles. The number of alkyl halides is 2. The van der Waals surface area contributed by atoms with Gasteiger partial charge in [0.25, 0.3) is 0 Å². The van der Waals surface area contributed by atoms with Gasteiger partial charge in [0.05, 0.1) is 5.60 Å². The number of carbonyl (C=O) groups is 3. The minimum absolute atomic E-state index is 0.0302. The van der Waals surface area contributed by atoms with Crippen LogP contribution in [0.5, 0.6) is 0 Å². The topological polar surface area (TPSA) is 99.1 Å². The second kappa shape index (κ2) is 9.67. The van der Waals surface area contributed by atoms with Crippen molar-refractivity contribution in [3.63, 3.8) is 0 Å². The minimum Gasteiger partial charge on any atom is -0.462 e. The number of fused-ring (bicyclic) bond motifs is 5. The van der Waals surface area contributed by atoms with E-state index in [-0.39, 0.29) is 58.5 Å². The van der Waals surface area contributed by atoms with Crippen molar-refractivity contribution in [1.82, 2.24) is 0 Å². The second-order valence-corrected chi connectivity index (χ2v) is 13.2. The summed E-state index contributed by atoms with van der Waals surface area (Å²) in [5.74, 6) is -0.278. The Morgan fingerprint density at radius 2 is 1.78 bits per heavy atom. The van der Waals surface area contributed by atoms with E-state index in [9.17, 15) is 19.5 Å². The SMILES string of the molecule is C[C@]12CC[C@H](OC(=O)CBr)C[C@H]1CC[C@@H]1[C@@H]2CC[C@]2(C)[C@@H](C3=CC(=O)OC3)[C@@H](OC(=O)CBr)C[C@@]12O. The molecule has 200 valence electrons. The lowest BCUT2D eigenvalue weighted by Gasteiger charge is -2.63. The molecule has 36 heavy (non-hydrogen) atoms. The zero-order chi connectivity index (χ0) is 25.9. The van der Waals surface area contributed by atoms with Crippen LogP contribution in [0.1, 0.15) is 65.2 Å². The van der Waals surface area contributed by atoms with E-state index in [2.05, 4.69) is 45.7 Å². The normalized spacial score (nSPS) is 45.6. The van der Waals surface area contributed by atoms with E-state index in [0.717, 1.165) is 50.5 Å². The summed E-state index contributed by atoms with van der Waals surface area (Å²) < 4.78 is 16.8. The molecule has 0 bridgehead atoms. The molecule has 5 rings (SSSR count). The molecular weight excluding hydrogens is 596 g/mol. The maximum absolute atomic E-state index is 12.6. The van der Waals surface area contributed by atoms with E-state index < -0.39 is 17.1 Å². The van der Waals surface area contributed by atoms with Crippen molar-refractivity contribution in [1.29, 1.82) is 0 Å². The van der Waals surface area contributed by atoms with Gasteiger partial charge in [0.1, 0.15) is 29.5 Å². The number of carbonyl (C=O) groups excluding carboxylic acids is 3. The van der Waals surface area contributed by atoms with Crippen molar-refractivity contribution in [2.24, 2.45) is 34.5 Å². The van der Waals surface area contributed by atoms with Crippen LogP contribution in [0.15, 0.2) is 11.6 Å². The lowest BCUT2D eigenvalue weighted by molar-refractivity contribution is -0.209. The van der Waals surface area contributed by atoms with E-state index in [1.165, 1.54) is 6.08 Å². The fraction of sp³-hybridized carbons (Fsp3) is 0.815. The van der Waals surface area contributed by atoms with Gasteiger partial charge in [0, 0.05) is 23.8 Å². The van der Waals surface area contributed by atoms with Gasteiger partial charge in [-0.25, -0.2) is 4.79 Å².